The molecule has 24 heavy (non-hydrogen) atoms. The van der Waals surface area contributed by atoms with E-state index in [4.69, 9.17) is 0 Å². The molecule has 2 fully saturated rings. The van der Waals surface area contributed by atoms with Crippen LogP contribution in [-0.2, 0) is 16.0 Å². The van der Waals surface area contributed by atoms with Crippen molar-refractivity contribution in [1.29, 1.82) is 0 Å². The Kier molecular flexibility index (Phi) is 4.93. The van der Waals surface area contributed by atoms with E-state index in [9.17, 15) is 9.59 Å². The summed E-state index contributed by atoms with van der Waals surface area (Å²) >= 11 is 0. The molecule has 0 aromatic heterocycles. The number of hydrogen-bond donors (Lipinski definition) is 0. The van der Waals surface area contributed by atoms with Gasteiger partial charge in [-0.15, -0.1) is 0 Å². The summed E-state index contributed by atoms with van der Waals surface area (Å²) in [7, 11) is 3.68. The molecule has 2 aliphatic rings. The molecule has 1 saturated heterocycles. The first-order valence-electron chi connectivity index (χ1n) is 9.10. The van der Waals surface area contributed by atoms with Gasteiger partial charge in [-0.25, -0.2) is 0 Å². The van der Waals surface area contributed by atoms with Gasteiger partial charge in [-0.3, -0.25) is 9.59 Å². The number of amides is 2. The number of benzene rings is 1. The molecule has 0 radical (unpaired) electrons. The first-order valence-corrected chi connectivity index (χ1v) is 9.10. The van der Waals surface area contributed by atoms with Crippen molar-refractivity contribution in [2.75, 3.05) is 20.6 Å². The van der Waals surface area contributed by atoms with Crippen LogP contribution in [0.2, 0.25) is 0 Å². The average molecular weight is 328 g/mol. The lowest BCUT2D eigenvalue weighted by Gasteiger charge is -2.52. The maximum absolute atomic E-state index is 13.0. The van der Waals surface area contributed by atoms with Gasteiger partial charge in [0, 0.05) is 33.1 Å². The third kappa shape index (κ3) is 3.06. The van der Waals surface area contributed by atoms with Crippen molar-refractivity contribution in [3.05, 3.63) is 35.9 Å². The topological polar surface area (TPSA) is 40.6 Å². The highest BCUT2D eigenvalue weighted by molar-refractivity contribution is 5.87. The first kappa shape index (κ1) is 17.0. The van der Waals surface area contributed by atoms with Crippen LogP contribution in [-0.4, -0.2) is 48.3 Å². The van der Waals surface area contributed by atoms with Gasteiger partial charge < -0.3 is 9.80 Å². The molecule has 1 aromatic rings. The van der Waals surface area contributed by atoms with E-state index < -0.39 is 0 Å². The molecule has 0 unspecified atom stereocenters. The SMILES string of the molecule is CN(C)C(=O)[C@@]12CCCC[C@H]1N(CCc1ccccc1)C(=O)CC2. The van der Waals surface area contributed by atoms with Crippen LogP contribution in [0.5, 0.6) is 0 Å². The Morgan fingerprint density at radius 1 is 1.21 bits per heavy atom. The van der Waals surface area contributed by atoms with Crippen LogP contribution in [0.1, 0.15) is 44.1 Å². The molecule has 2 atom stereocenters. The Balaban J connectivity index is 1.82. The Morgan fingerprint density at radius 3 is 2.67 bits per heavy atom. The molecule has 1 heterocycles. The average Bonchev–Trinajstić information content (AvgIpc) is 2.61. The van der Waals surface area contributed by atoms with Crippen molar-refractivity contribution in [3.63, 3.8) is 0 Å². The summed E-state index contributed by atoms with van der Waals surface area (Å²) in [5, 5.41) is 0. The smallest absolute Gasteiger partial charge is 0.230 e. The highest BCUT2D eigenvalue weighted by Gasteiger charge is 2.53. The van der Waals surface area contributed by atoms with E-state index in [1.165, 1.54) is 5.56 Å². The zero-order valence-electron chi connectivity index (χ0n) is 14.8. The van der Waals surface area contributed by atoms with Gasteiger partial charge in [-0.05, 0) is 31.2 Å². The van der Waals surface area contributed by atoms with E-state index in [1.54, 1.807) is 4.90 Å². The van der Waals surface area contributed by atoms with Crippen LogP contribution < -0.4 is 0 Å². The van der Waals surface area contributed by atoms with Crippen LogP contribution in [0.4, 0.5) is 0 Å². The van der Waals surface area contributed by atoms with E-state index in [0.717, 1.165) is 45.1 Å². The van der Waals surface area contributed by atoms with Crippen molar-refractivity contribution >= 4 is 11.8 Å². The fourth-order valence-electron chi connectivity index (χ4n) is 4.59. The standard InChI is InChI=1S/C20H28N2O2/c1-21(2)19(24)20-13-7-6-10-17(20)22(18(23)11-14-20)15-12-16-8-4-3-5-9-16/h3-5,8-9,17H,6-7,10-15H2,1-2H3/t17-,20-/m1/s1. The fourth-order valence-corrected chi connectivity index (χ4v) is 4.59. The van der Waals surface area contributed by atoms with E-state index >= 15 is 0 Å². The maximum Gasteiger partial charge on any atom is 0.230 e. The Bertz CT molecular complexity index is 599. The number of carbonyl (C=O) groups excluding carboxylic acids is 2. The minimum Gasteiger partial charge on any atom is -0.348 e. The van der Waals surface area contributed by atoms with Gasteiger partial charge in [0.2, 0.25) is 11.8 Å². The second kappa shape index (κ2) is 6.96. The Morgan fingerprint density at radius 2 is 1.96 bits per heavy atom. The van der Waals surface area contributed by atoms with Gasteiger partial charge in [-0.1, -0.05) is 43.2 Å². The van der Waals surface area contributed by atoms with E-state index in [0.29, 0.717) is 6.42 Å². The molecule has 4 heteroatoms. The van der Waals surface area contributed by atoms with Crippen molar-refractivity contribution < 1.29 is 9.59 Å². The number of piperidine rings is 1. The minimum atomic E-state index is -0.355. The predicted octanol–water partition coefficient (Wildman–Crippen LogP) is 2.87. The molecule has 2 amide bonds. The molecule has 1 saturated carbocycles. The predicted molar refractivity (Wildman–Crippen MR) is 94.5 cm³/mol. The van der Waals surface area contributed by atoms with Crippen LogP contribution in [0.15, 0.2) is 30.3 Å². The molecule has 1 aliphatic carbocycles. The monoisotopic (exact) mass is 328 g/mol. The highest BCUT2D eigenvalue weighted by atomic mass is 16.2. The van der Waals surface area contributed by atoms with Gasteiger partial charge in [0.05, 0.1) is 5.41 Å². The molecule has 0 N–H and O–H groups in total. The molecule has 0 bridgehead atoms. The normalized spacial score (nSPS) is 26.8. The largest absolute Gasteiger partial charge is 0.348 e. The zero-order valence-corrected chi connectivity index (χ0v) is 14.8. The molecule has 4 nitrogen and oxygen atoms in total. The van der Waals surface area contributed by atoms with Crippen molar-refractivity contribution in [3.8, 4) is 0 Å². The van der Waals surface area contributed by atoms with Gasteiger partial charge >= 0.3 is 0 Å². The molecule has 1 aromatic carbocycles. The molecule has 0 spiro atoms. The lowest BCUT2D eigenvalue weighted by atomic mass is 9.64. The van der Waals surface area contributed by atoms with Gasteiger partial charge in [0.25, 0.3) is 0 Å². The summed E-state index contributed by atoms with van der Waals surface area (Å²) in [6.45, 7) is 0.718. The zero-order chi connectivity index (χ0) is 17.2. The number of carbonyl (C=O) groups is 2. The molecule has 130 valence electrons. The minimum absolute atomic E-state index is 0.0751. The molecule has 3 rings (SSSR count). The second-order valence-electron chi connectivity index (χ2n) is 7.44. The van der Waals surface area contributed by atoms with Crippen LogP contribution in [0, 0.1) is 5.41 Å². The molecule has 1 aliphatic heterocycles. The summed E-state index contributed by atoms with van der Waals surface area (Å²) in [6.07, 6.45) is 6.17. The summed E-state index contributed by atoms with van der Waals surface area (Å²) < 4.78 is 0. The summed E-state index contributed by atoms with van der Waals surface area (Å²) in [6, 6.07) is 10.4. The Labute approximate surface area is 144 Å². The lowest BCUT2D eigenvalue weighted by molar-refractivity contribution is -0.160. The number of hydrogen-bond acceptors (Lipinski definition) is 2. The molecular formula is C20H28N2O2. The lowest BCUT2D eigenvalue weighted by Crippen LogP contribution is -2.61. The number of rotatable bonds is 4. The van der Waals surface area contributed by atoms with Crippen LogP contribution >= 0.6 is 0 Å². The first-order chi connectivity index (χ1) is 11.5. The summed E-state index contributed by atoms with van der Waals surface area (Å²) in [4.78, 5) is 29.3. The highest BCUT2D eigenvalue weighted by Crippen LogP contribution is 2.47. The number of nitrogens with zero attached hydrogens (tertiary/aromatic N) is 2. The third-order valence-corrected chi connectivity index (χ3v) is 5.79. The number of likely N-dealkylation sites (tertiary alicyclic amines) is 1. The van der Waals surface area contributed by atoms with Gasteiger partial charge in [0.15, 0.2) is 0 Å². The van der Waals surface area contributed by atoms with Gasteiger partial charge in [-0.2, -0.15) is 0 Å². The van der Waals surface area contributed by atoms with Gasteiger partial charge in [0.1, 0.15) is 0 Å². The quantitative estimate of drug-likeness (QED) is 0.853. The van der Waals surface area contributed by atoms with E-state index in [-0.39, 0.29) is 23.3 Å². The van der Waals surface area contributed by atoms with Crippen molar-refractivity contribution in [1.82, 2.24) is 9.80 Å². The second-order valence-corrected chi connectivity index (χ2v) is 7.44. The third-order valence-electron chi connectivity index (χ3n) is 5.79. The summed E-state index contributed by atoms with van der Waals surface area (Å²) in [5.74, 6) is 0.435. The Hall–Kier alpha value is -1.84. The van der Waals surface area contributed by atoms with Crippen LogP contribution in [0.3, 0.4) is 0 Å². The van der Waals surface area contributed by atoms with Crippen molar-refractivity contribution in [2.45, 2.75) is 51.0 Å². The fraction of sp³-hybridized carbons (Fsp3) is 0.600. The van der Waals surface area contributed by atoms with E-state index in [2.05, 4.69) is 12.1 Å². The summed E-state index contributed by atoms with van der Waals surface area (Å²) in [5.41, 5.74) is 0.892. The van der Waals surface area contributed by atoms with Crippen LogP contribution in [0.25, 0.3) is 0 Å². The van der Waals surface area contributed by atoms with Crippen molar-refractivity contribution in [2.24, 2.45) is 5.41 Å². The maximum atomic E-state index is 13.0. The number of fused-ring (bicyclic) bond motifs is 1. The molecular weight excluding hydrogens is 300 g/mol. The van der Waals surface area contributed by atoms with E-state index in [1.807, 2.05) is 37.2 Å².